The first kappa shape index (κ1) is 20.5. The number of rotatable bonds is 4. The third kappa shape index (κ3) is 3.19. The second kappa shape index (κ2) is 6.90. The Morgan fingerprint density at radius 3 is 2.40 bits per heavy atom. The number of benzene rings is 2. The summed E-state index contributed by atoms with van der Waals surface area (Å²) in [6, 6.07) is 12.2. The van der Waals surface area contributed by atoms with Crippen LogP contribution < -0.4 is 9.47 Å². The van der Waals surface area contributed by atoms with Crippen molar-refractivity contribution in [3.63, 3.8) is 0 Å². The maximum Gasteiger partial charge on any atom is 0.511 e. The van der Waals surface area contributed by atoms with Gasteiger partial charge in [0.15, 0.2) is 0 Å². The summed E-state index contributed by atoms with van der Waals surface area (Å²) >= 11 is 0. The average Bonchev–Trinajstić information content (AvgIpc) is 3.04. The molecular formula is C26H30O4. The van der Waals surface area contributed by atoms with Crippen molar-refractivity contribution in [3.8, 4) is 11.5 Å². The van der Waals surface area contributed by atoms with Crippen LogP contribution in [0.15, 0.2) is 49.1 Å². The van der Waals surface area contributed by atoms with E-state index in [1.807, 2.05) is 12.1 Å². The van der Waals surface area contributed by atoms with Crippen LogP contribution >= 0.6 is 0 Å². The minimum atomic E-state index is -1.33. The summed E-state index contributed by atoms with van der Waals surface area (Å²) < 4.78 is 10.9. The lowest BCUT2D eigenvalue weighted by Crippen LogP contribution is -2.35. The summed E-state index contributed by atoms with van der Waals surface area (Å²) in [5.41, 5.74) is 5.07. The first-order chi connectivity index (χ1) is 14.1. The lowest BCUT2D eigenvalue weighted by Gasteiger charge is -2.43. The number of carboxylic acid groups (broad SMARTS) is 1. The molecular weight excluding hydrogens is 376 g/mol. The van der Waals surface area contributed by atoms with Crippen molar-refractivity contribution in [2.45, 2.75) is 63.2 Å². The SMILES string of the molecule is C=CCC1(c2ccc3c(c2)C(C)(C)CCC3(C)C)COc2cc(OC(=O)O)ccc21. The predicted molar refractivity (Wildman–Crippen MR) is 118 cm³/mol. The second-order valence-electron chi connectivity index (χ2n) is 9.92. The molecule has 0 saturated heterocycles. The van der Waals surface area contributed by atoms with Crippen LogP contribution in [0, 0.1) is 0 Å². The van der Waals surface area contributed by atoms with Gasteiger partial charge in [0, 0.05) is 11.6 Å². The van der Waals surface area contributed by atoms with Crippen molar-refractivity contribution in [1.82, 2.24) is 0 Å². The van der Waals surface area contributed by atoms with Crippen molar-refractivity contribution in [1.29, 1.82) is 0 Å². The molecule has 1 aliphatic carbocycles. The molecule has 0 fully saturated rings. The Hall–Kier alpha value is -2.75. The van der Waals surface area contributed by atoms with Gasteiger partial charge in [-0.3, -0.25) is 0 Å². The lowest BCUT2D eigenvalue weighted by atomic mass is 9.61. The second-order valence-corrected chi connectivity index (χ2v) is 9.92. The van der Waals surface area contributed by atoms with Crippen LogP contribution in [-0.4, -0.2) is 17.9 Å². The summed E-state index contributed by atoms with van der Waals surface area (Å²) in [6.45, 7) is 13.8. The highest BCUT2D eigenvalue weighted by Crippen LogP contribution is 2.51. The van der Waals surface area contributed by atoms with Crippen LogP contribution in [0.3, 0.4) is 0 Å². The molecule has 4 rings (SSSR count). The number of hydrogen-bond acceptors (Lipinski definition) is 3. The van der Waals surface area contributed by atoms with Gasteiger partial charge in [-0.05, 0) is 52.8 Å². The molecule has 1 N–H and O–H groups in total. The van der Waals surface area contributed by atoms with Crippen LogP contribution in [-0.2, 0) is 16.2 Å². The summed E-state index contributed by atoms with van der Waals surface area (Å²) in [7, 11) is 0. The summed E-state index contributed by atoms with van der Waals surface area (Å²) in [5.74, 6) is 0.942. The maximum atomic E-state index is 10.9. The first-order valence-corrected chi connectivity index (χ1v) is 10.5. The first-order valence-electron chi connectivity index (χ1n) is 10.5. The maximum absolute atomic E-state index is 10.9. The van der Waals surface area contributed by atoms with Gasteiger partial charge in [0.25, 0.3) is 0 Å². The zero-order valence-electron chi connectivity index (χ0n) is 18.2. The quantitative estimate of drug-likeness (QED) is 0.365. The van der Waals surface area contributed by atoms with E-state index in [2.05, 4.69) is 52.5 Å². The highest BCUT2D eigenvalue weighted by Gasteiger charge is 2.44. The fourth-order valence-corrected chi connectivity index (χ4v) is 5.12. The van der Waals surface area contributed by atoms with E-state index in [9.17, 15) is 4.79 Å². The third-order valence-electron chi connectivity index (χ3n) is 7.05. The van der Waals surface area contributed by atoms with E-state index in [-0.39, 0.29) is 22.0 Å². The predicted octanol–water partition coefficient (Wildman–Crippen LogP) is 6.35. The monoisotopic (exact) mass is 406 g/mol. The van der Waals surface area contributed by atoms with Gasteiger partial charge in [-0.2, -0.15) is 0 Å². The van der Waals surface area contributed by atoms with Crippen molar-refractivity contribution in [3.05, 3.63) is 71.3 Å². The highest BCUT2D eigenvalue weighted by atomic mass is 16.7. The number of ether oxygens (including phenoxy) is 2. The molecule has 2 aromatic carbocycles. The van der Waals surface area contributed by atoms with Gasteiger partial charge in [-0.25, -0.2) is 4.79 Å². The van der Waals surface area contributed by atoms with Crippen molar-refractivity contribution in [2.75, 3.05) is 6.61 Å². The van der Waals surface area contributed by atoms with Gasteiger partial charge < -0.3 is 14.6 Å². The standard InChI is InChI=1S/C26H30O4/c1-6-11-26(16-29-22-15-18(30-23(27)28)8-10-20(22)26)17-7-9-19-21(14-17)25(4,5)13-12-24(19,2)3/h6-10,14-15H,1,11-13,16H2,2-5H3,(H,27,28). The normalized spacial score (nSPS) is 23.1. The van der Waals surface area contributed by atoms with E-state index >= 15 is 0 Å². The van der Waals surface area contributed by atoms with E-state index in [1.54, 1.807) is 12.1 Å². The molecule has 1 unspecified atom stereocenters. The zero-order chi connectivity index (χ0) is 21.7. The molecule has 1 atom stereocenters. The van der Waals surface area contributed by atoms with Crippen molar-refractivity contribution >= 4 is 6.16 Å². The number of hydrogen-bond donors (Lipinski definition) is 1. The van der Waals surface area contributed by atoms with E-state index in [0.29, 0.717) is 12.4 Å². The molecule has 0 spiro atoms. The fourth-order valence-electron chi connectivity index (χ4n) is 5.12. The highest BCUT2D eigenvalue weighted by molar-refractivity contribution is 5.63. The molecule has 0 amide bonds. The molecule has 4 heteroatoms. The summed E-state index contributed by atoms with van der Waals surface area (Å²) in [6.07, 6.45) is 3.69. The van der Waals surface area contributed by atoms with E-state index < -0.39 is 6.16 Å². The van der Waals surface area contributed by atoms with Crippen LogP contribution in [0.2, 0.25) is 0 Å². The van der Waals surface area contributed by atoms with Crippen LogP contribution in [0.25, 0.3) is 0 Å². The number of fused-ring (bicyclic) bond motifs is 2. The topological polar surface area (TPSA) is 55.8 Å². The Balaban J connectivity index is 1.85. The molecule has 0 saturated carbocycles. The molecule has 1 aliphatic heterocycles. The van der Waals surface area contributed by atoms with Gasteiger partial charge in [0.05, 0.1) is 5.41 Å². The Morgan fingerprint density at radius 1 is 1.07 bits per heavy atom. The Bertz CT molecular complexity index is 1020. The van der Waals surface area contributed by atoms with E-state index in [4.69, 9.17) is 14.6 Å². The lowest BCUT2D eigenvalue weighted by molar-refractivity contribution is 0.144. The molecule has 0 aromatic heterocycles. The molecule has 30 heavy (non-hydrogen) atoms. The molecule has 1 heterocycles. The van der Waals surface area contributed by atoms with Gasteiger partial charge in [0.1, 0.15) is 18.1 Å². The van der Waals surface area contributed by atoms with Crippen LogP contribution in [0.4, 0.5) is 4.79 Å². The largest absolute Gasteiger partial charge is 0.511 e. The van der Waals surface area contributed by atoms with Crippen molar-refractivity contribution < 1.29 is 19.4 Å². The molecule has 0 bridgehead atoms. The van der Waals surface area contributed by atoms with Gasteiger partial charge >= 0.3 is 6.16 Å². The molecule has 158 valence electrons. The Morgan fingerprint density at radius 2 is 1.73 bits per heavy atom. The minimum Gasteiger partial charge on any atom is -0.492 e. The zero-order valence-corrected chi connectivity index (χ0v) is 18.2. The van der Waals surface area contributed by atoms with E-state index in [1.165, 1.54) is 23.1 Å². The van der Waals surface area contributed by atoms with E-state index in [0.717, 1.165) is 18.4 Å². The molecule has 2 aromatic rings. The van der Waals surface area contributed by atoms with Crippen molar-refractivity contribution in [2.24, 2.45) is 0 Å². The molecule has 0 radical (unpaired) electrons. The molecule has 4 nitrogen and oxygen atoms in total. The summed E-state index contributed by atoms with van der Waals surface area (Å²) in [4.78, 5) is 10.9. The fraction of sp³-hybridized carbons (Fsp3) is 0.423. The number of carbonyl (C=O) groups is 1. The molecule has 2 aliphatic rings. The average molecular weight is 407 g/mol. The smallest absolute Gasteiger partial charge is 0.492 e. The van der Waals surface area contributed by atoms with Gasteiger partial charge in [-0.15, -0.1) is 6.58 Å². The Labute approximate surface area is 178 Å². The Kier molecular flexibility index (Phi) is 4.72. The van der Waals surface area contributed by atoms with Crippen LogP contribution in [0.1, 0.15) is 69.2 Å². The minimum absolute atomic E-state index is 0.123. The number of allylic oxidation sites excluding steroid dienone is 1. The third-order valence-corrected chi connectivity index (χ3v) is 7.05. The van der Waals surface area contributed by atoms with Crippen LogP contribution in [0.5, 0.6) is 11.5 Å². The van der Waals surface area contributed by atoms with Gasteiger partial charge in [-0.1, -0.05) is 58.0 Å². The van der Waals surface area contributed by atoms with Gasteiger partial charge in [0.2, 0.25) is 0 Å². The summed E-state index contributed by atoms with van der Waals surface area (Å²) in [5, 5.41) is 8.91.